The highest BCUT2D eigenvalue weighted by Gasteiger charge is 2.09. The largest absolute Gasteiger partial charge is 0.329 e. The average molecular weight is 128 g/mol. The van der Waals surface area contributed by atoms with Gasteiger partial charge in [-0.25, -0.2) is 0 Å². The number of nitrogens with zero attached hydrogens (tertiary/aromatic N) is 1. The Labute approximate surface area is 54.6 Å². The third-order valence-electron chi connectivity index (χ3n) is 1.15. The highest BCUT2D eigenvalue weighted by Crippen LogP contribution is 1.88. The standard InChI is InChI=1S/C5H12N4/c6-2-1-4(8)5(9)3-7/h4-5H,1,3,7-9H2. The lowest BCUT2D eigenvalue weighted by Crippen LogP contribution is -2.46. The van der Waals surface area contributed by atoms with Gasteiger partial charge < -0.3 is 17.2 Å². The summed E-state index contributed by atoms with van der Waals surface area (Å²) in [5.74, 6) is 0. The highest BCUT2D eigenvalue weighted by molar-refractivity contribution is 4.85. The summed E-state index contributed by atoms with van der Waals surface area (Å²) in [4.78, 5) is 0. The third-order valence-corrected chi connectivity index (χ3v) is 1.15. The van der Waals surface area contributed by atoms with Crippen LogP contribution in [-0.4, -0.2) is 18.6 Å². The molecule has 0 fully saturated rings. The molecular weight excluding hydrogens is 116 g/mol. The maximum atomic E-state index is 8.15. The van der Waals surface area contributed by atoms with E-state index in [1.807, 2.05) is 6.07 Å². The molecule has 0 spiro atoms. The van der Waals surface area contributed by atoms with Crippen LogP contribution in [0.5, 0.6) is 0 Å². The second kappa shape index (κ2) is 4.27. The summed E-state index contributed by atoms with van der Waals surface area (Å²) in [5.41, 5.74) is 16.0. The number of hydrogen-bond donors (Lipinski definition) is 3. The molecule has 0 radical (unpaired) electrons. The van der Waals surface area contributed by atoms with E-state index in [4.69, 9.17) is 22.5 Å². The van der Waals surface area contributed by atoms with Crippen LogP contribution in [0.1, 0.15) is 6.42 Å². The van der Waals surface area contributed by atoms with E-state index >= 15 is 0 Å². The fourth-order valence-corrected chi connectivity index (χ4v) is 0.432. The zero-order valence-corrected chi connectivity index (χ0v) is 5.25. The van der Waals surface area contributed by atoms with Gasteiger partial charge in [-0.3, -0.25) is 0 Å². The predicted octanol–water partition coefficient (Wildman–Crippen LogP) is -1.49. The molecule has 0 aliphatic carbocycles. The van der Waals surface area contributed by atoms with Gasteiger partial charge in [0.1, 0.15) is 0 Å². The summed E-state index contributed by atoms with van der Waals surface area (Å²) < 4.78 is 0. The van der Waals surface area contributed by atoms with Gasteiger partial charge in [0.15, 0.2) is 0 Å². The van der Waals surface area contributed by atoms with E-state index in [1.54, 1.807) is 0 Å². The molecule has 0 aliphatic heterocycles. The molecule has 0 rings (SSSR count). The first-order valence-corrected chi connectivity index (χ1v) is 2.80. The van der Waals surface area contributed by atoms with Crippen molar-refractivity contribution in [3.8, 4) is 6.07 Å². The van der Waals surface area contributed by atoms with E-state index in [-0.39, 0.29) is 18.5 Å². The molecular formula is C5H12N4. The molecule has 6 N–H and O–H groups in total. The van der Waals surface area contributed by atoms with Gasteiger partial charge in [0, 0.05) is 18.6 Å². The minimum absolute atomic E-state index is 0.246. The molecule has 0 aromatic carbocycles. The number of hydrogen-bond acceptors (Lipinski definition) is 4. The summed E-state index contributed by atoms with van der Waals surface area (Å²) in [7, 11) is 0. The maximum Gasteiger partial charge on any atom is 0.0638 e. The van der Waals surface area contributed by atoms with Crippen LogP contribution < -0.4 is 17.2 Å². The summed E-state index contributed by atoms with van der Waals surface area (Å²) in [5, 5.41) is 8.15. The molecule has 4 heteroatoms. The lowest BCUT2D eigenvalue weighted by molar-refractivity contribution is 0.540. The second-order valence-electron chi connectivity index (χ2n) is 1.93. The van der Waals surface area contributed by atoms with Crippen LogP contribution in [0, 0.1) is 11.3 Å². The number of nitrogens with two attached hydrogens (primary N) is 3. The molecule has 9 heavy (non-hydrogen) atoms. The van der Waals surface area contributed by atoms with Gasteiger partial charge in [-0.05, 0) is 0 Å². The van der Waals surface area contributed by atoms with Crippen molar-refractivity contribution < 1.29 is 0 Å². The number of rotatable bonds is 3. The topological polar surface area (TPSA) is 102 Å². The molecule has 0 aromatic heterocycles. The van der Waals surface area contributed by atoms with E-state index in [2.05, 4.69) is 0 Å². The smallest absolute Gasteiger partial charge is 0.0638 e. The van der Waals surface area contributed by atoms with Crippen LogP contribution in [0.4, 0.5) is 0 Å². The van der Waals surface area contributed by atoms with Crippen molar-refractivity contribution in [2.45, 2.75) is 18.5 Å². The normalized spacial score (nSPS) is 16.2. The van der Waals surface area contributed by atoms with Gasteiger partial charge in [-0.15, -0.1) is 0 Å². The Morgan fingerprint density at radius 1 is 1.33 bits per heavy atom. The minimum atomic E-state index is -0.278. The summed E-state index contributed by atoms with van der Waals surface area (Å²) in [6, 6.07) is 1.40. The molecule has 4 nitrogen and oxygen atoms in total. The van der Waals surface area contributed by atoms with E-state index in [1.165, 1.54) is 0 Å². The van der Waals surface area contributed by atoms with Crippen LogP contribution in [0.25, 0.3) is 0 Å². The highest BCUT2D eigenvalue weighted by atomic mass is 14.8. The van der Waals surface area contributed by atoms with Gasteiger partial charge in [-0.2, -0.15) is 5.26 Å². The Morgan fingerprint density at radius 3 is 2.22 bits per heavy atom. The second-order valence-corrected chi connectivity index (χ2v) is 1.93. The molecule has 0 amide bonds. The van der Waals surface area contributed by atoms with Gasteiger partial charge in [0.05, 0.1) is 12.5 Å². The summed E-state index contributed by atoms with van der Waals surface area (Å²) in [6.45, 7) is 0.336. The van der Waals surface area contributed by atoms with Crippen LogP contribution in [0.15, 0.2) is 0 Å². The van der Waals surface area contributed by atoms with E-state index in [0.717, 1.165) is 0 Å². The first kappa shape index (κ1) is 8.37. The Morgan fingerprint density at radius 2 is 1.89 bits per heavy atom. The fraction of sp³-hybridized carbons (Fsp3) is 0.800. The summed E-state index contributed by atoms with van der Waals surface area (Å²) >= 11 is 0. The van der Waals surface area contributed by atoms with Crippen molar-refractivity contribution in [2.75, 3.05) is 6.54 Å². The third kappa shape index (κ3) is 3.03. The summed E-state index contributed by atoms with van der Waals surface area (Å²) in [6.07, 6.45) is 0.276. The predicted molar refractivity (Wildman–Crippen MR) is 35.2 cm³/mol. The first-order valence-electron chi connectivity index (χ1n) is 2.80. The average Bonchev–Trinajstić information content (AvgIpc) is 1.87. The molecule has 0 aliphatic rings. The van der Waals surface area contributed by atoms with Gasteiger partial charge in [-0.1, -0.05) is 0 Å². The van der Waals surface area contributed by atoms with Crippen LogP contribution >= 0.6 is 0 Å². The SMILES string of the molecule is N#CCC(N)C(N)CN. The molecule has 2 unspecified atom stereocenters. The molecule has 0 heterocycles. The van der Waals surface area contributed by atoms with E-state index in [0.29, 0.717) is 6.54 Å². The van der Waals surface area contributed by atoms with Crippen molar-refractivity contribution in [1.82, 2.24) is 0 Å². The van der Waals surface area contributed by atoms with Crippen molar-refractivity contribution >= 4 is 0 Å². The monoisotopic (exact) mass is 128 g/mol. The van der Waals surface area contributed by atoms with Crippen molar-refractivity contribution in [3.63, 3.8) is 0 Å². The molecule has 2 atom stereocenters. The van der Waals surface area contributed by atoms with E-state index in [9.17, 15) is 0 Å². The zero-order valence-electron chi connectivity index (χ0n) is 5.25. The molecule has 0 aromatic rings. The van der Waals surface area contributed by atoms with Crippen LogP contribution in [0.2, 0.25) is 0 Å². The maximum absolute atomic E-state index is 8.15. The zero-order chi connectivity index (χ0) is 7.28. The molecule has 0 saturated heterocycles. The Kier molecular flexibility index (Phi) is 3.97. The van der Waals surface area contributed by atoms with Crippen LogP contribution in [0.3, 0.4) is 0 Å². The molecule has 0 bridgehead atoms. The quantitative estimate of drug-likeness (QED) is 0.431. The Bertz CT molecular complexity index is 106. The van der Waals surface area contributed by atoms with Gasteiger partial charge >= 0.3 is 0 Å². The lowest BCUT2D eigenvalue weighted by Gasteiger charge is -2.13. The minimum Gasteiger partial charge on any atom is -0.329 e. The van der Waals surface area contributed by atoms with Crippen molar-refractivity contribution in [1.29, 1.82) is 5.26 Å². The molecule has 52 valence electrons. The first-order chi connectivity index (χ1) is 4.22. The van der Waals surface area contributed by atoms with E-state index < -0.39 is 0 Å². The Hall–Kier alpha value is -0.630. The lowest BCUT2D eigenvalue weighted by atomic mass is 10.1. The Balaban J connectivity index is 3.48. The van der Waals surface area contributed by atoms with Crippen molar-refractivity contribution in [2.24, 2.45) is 17.2 Å². The molecule has 0 saturated carbocycles. The van der Waals surface area contributed by atoms with Gasteiger partial charge in [0.2, 0.25) is 0 Å². The number of nitriles is 1. The fourth-order valence-electron chi connectivity index (χ4n) is 0.432. The van der Waals surface area contributed by atoms with Crippen LogP contribution in [-0.2, 0) is 0 Å². The van der Waals surface area contributed by atoms with Gasteiger partial charge in [0.25, 0.3) is 0 Å². The van der Waals surface area contributed by atoms with Crippen molar-refractivity contribution in [3.05, 3.63) is 0 Å².